The lowest BCUT2D eigenvalue weighted by Crippen LogP contribution is -2.28. The zero-order valence-corrected chi connectivity index (χ0v) is 15.6. The number of hydrogen-bond donors (Lipinski definition) is 0. The quantitative estimate of drug-likeness (QED) is 0.314. The van der Waals surface area contributed by atoms with Gasteiger partial charge < -0.3 is 4.74 Å². The smallest absolute Gasteiger partial charge is 0.0648 e. The predicted molar refractivity (Wildman–Crippen MR) is 101 cm³/mol. The fourth-order valence-corrected chi connectivity index (χ4v) is 4.92. The lowest BCUT2D eigenvalue weighted by atomic mass is 9.70. The fraction of sp³-hybridized carbons (Fsp3) is 0.909. The Kier molecular flexibility index (Phi) is 9.34. The highest BCUT2D eigenvalue weighted by atomic mass is 16.5. The molecule has 0 saturated heterocycles. The first-order valence-electron chi connectivity index (χ1n) is 10.6. The predicted octanol–water partition coefficient (Wildman–Crippen LogP) is 6.91. The molecular weight excluding hydrogens is 280 g/mol. The van der Waals surface area contributed by atoms with Gasteiger partial charge >= 0.3 is 0 Å². The van der Waals surface area contributed by atoms with E-state index in [-0.39, 0.29) is 0 Å². The molecule has 0 amide bonds. The second-order valence-corrected chi connectivity index (χ2v) is 8.14. The zero-order chi connectivity index (χ0) is 16.3. The van der Waals surface area contributed by atoms with Crippen molar-refractivity contribution in [2.75, 3.05) is 6.61 Å². The van der Waals surface area contributed by atoms with E-state index < -0.39 is 0 Å². The van der Waals surface area contributed by atoms with Gasteiger partial charge in [0.2, 0.25) is 0 Å². The van der Waals surface area contributed by atoms with E-state index in [0.717, 1.165) is 24.4 Å². The minimum absolute atomic E-state index is 0.517. The van der Waals surface area contributed by atoms with Gasteiger partial charge in [0, 0.05) is 0 Å². The molecule has 1 heteroatoms. The molecule has 2 aliphatic carbocycles. The van der Waals surface area contributed by atoms with E-state index in [0.29, 0.717) is 6.10 Å². The number of hydrogen-bond acceptors (Lipinski definition) is 1. The average Bonchev–Trinajstić information content (AvgIpc) is 2.61. The molecule has 2 rings (SSSR count). The number of unbranched alkanes of at least 4 members (excludes halogenated alkanes) is 4. The van der Waals surface area contributed by atoms with Crippen LogP contribution in [0.5, 0.6) is 0 Å². The third-order valence-corrected chi connectivity index (χ3v) is 6.44. The minimum atomic E-state index is 0.517. The van der Waals surface area contributed by atoms with Crippen LogP contribution in [0.3, 0.4) is 0 Å². The Balaban J connectivity index is 1.55. The summed E-state index contributed by atoms with van der Waals surface area (Å²) >= 11 is 0. The summed E-state index contributed by atoms with van der Waals surface area (Å²) < 4.78 is 5.84. The van der Waals surface area contributed by atoms with Gasteiger partial charge in [-0.1, -0.05) is 64.4 Å². The van der Waals surface area contributed by atoms with Gasteiger partial charge in [-0.25, -0.2) is 0 Å². The number of rotatable bonds is 10. The molecule has 0 aliphatic heterocycles. The Bertz CT molecular complexity index is 295. The van der Waals surface area contributed by atoms with Crippen molar-refractivity contribution in [3.63, 3.8) is 0 Å². The van der Waals surface area contributed by atoms with Gasteiger partial charge in [-0.3, -0.25) is 0 Å². The Hall–Kier alpha value is -0.300. The van der Waals surface area contributed by atoms with E-state index in [1.165, 1.54) is 89.9 Å². The summed E-state index contributed by atoms with van der Waals surface area (Å²) in [5.74, 6) is 3.09. The minimum Gasteiger partial charge on any atom is -0.374 e. The first kappa shape index (κ1) is 19.0. The zero-order valence-electron chi connectivity index (χ0n) is 15.6. The summed E-state index contributed by atoms with van der Waals surface area (Å²) in [5, 5.41) is 0. The normalized spacial score (nSPS) is 31.9. The van der Waals surface area contributed by atoms with Crippen molar-refractivity contribution in [2.45, 2.75) is 103 Å². The van der Waals surface area contributed by atoms with Gasteiger partial charge in [0.25, 0.3) is 0 Å². The van der Waals surface area contributed by atoms with Gasteiger partial charge in [0.05, 0.1) is 12.7 Å². The van der Waals surface area contributed by atoms with Gasteiger partial charge in [0.15, 0.2) is 0 Å². The summed E-state index contributed by atoms with van der Waals surface area (Å²) in [7, 11) is 0. The third kappa shape index (κ3) is 6.99. The van der Waals surface area contributed by atoms with E-state index in [9.17, 15) is 0 Å². The third-order valence-electron chi connectivity index (χ3n) is 6.44. The van der Waals surface area contributed by atoms with Crippen LogP contribution in [-0.2, 0) is 4.74 Å². The maximum atomic E-state index is 5.84. The molecule has 0 bridgehead atoms. The second-order valence-electron chi connectivity index (χ2n) is 8.14. The Morgan fingerprint density at radius 2 is 1.43 bits per heavy atom. The largest absolute Gasteiger partial charge is 0.374 e. The van der Waals surface area contributed by atoms with Crippen molar-refractivity contribution >= 4 is 0 Å². The topological polar surface area (TPSA) is 9.23 Å². The lowest BCUT2D eigenvalue weighted by Gasteiger charge is -2.37. The molecule has 0 spiro atoms. The average molecular weight is 321 g/mol. The molecule has 0 aromatic carbocycles. The summed E-state index contributed by atoms with van der Waals surface area (Å²) in [5.41, 5.74) is 0. The molecule has 2 saturated carbocycles. The van der Waals surface area contributed by atoms with Gasteiger partial charge in [0.1, 0.15) is 0 Å². The summed E-state index contributed by atoms with van der Waals surface area (Å²) in [6.07, 6.45) is 22.6. The highest BCUT2D eigenvalue weighted by Gasteiger charge is 2.30. The van der Waals surface area contributed by atoms with Crippen molar-refractivity contribution in [2.24, 2.45) is 17.8 Å². The van der Waals surface area contributed by atoms with Crippen molar-refractivity contribution in [3.8, 4) is 0 Å². The molecule has 0 N–H and O–H groups in total. The molecule has 0 radical (unpaired) electrons. The van der Waals surface area contributed by atoms with E-state index in [4.69, 9.17) is 4.74 Å². The molecular formula is C22H40O. The van der Waals surface area contributed by atoms with Crippen LogP contribution in [0.25, 0.3) is 0 Å². The van der Waals surface area contributed by atoms with E-state index >= 15 is 0 Å². The Morgan fingerprint density at radius 1 is 0.826 bits per heavy atom. The van der Waals surface area contributed by atoms with Crippen molar-refractivity contribution in [1.82, 2.24) is 0 Å². The van der Waals surface area contributed by atoms with Crippen LogP contribution in [0.2, 0.25) is 0 Å². The van der Waals surface area contributed by atoms with Crippen LogP contribution in [-0.4, -0.2) is 12.7 Å². The van der Waals surface area contributed by atoms with E-state index in [1.54, 1.807) is 0 Å². The van der Waals surface area contributed by atoms with Gasteiger partial charge in [-0.2, -0.15) is 0 Å². The van der Waals surface area contributed by atoms with Crippen molar-refractivity contribution < 1.29 is 4.74 Å². The summed E-state index contributed by atoms with van der Waals surface area (Å²) in [4.78, 5) is 0. The standard InChI is InChI=1S/C22H40O/c1-3-5-6-7-8-9-19-10-12-20(13-11-19)21-14-16-22(17-15-21)23-18-4-2/h4,19-22H,2-3,5-18H2,1H3. The molecule has 2 fully saturated rings. The van der Waals surface area contributed by atoms with Gasteiger partial charge in [-0.05, 0) is 56.3 Å². The first-order chi connectivity index (χ1) is 11.3. The molecule has 1 nitrogen and oxygen atoms in total. The molecule has 0 heterocycles. The Labute approximate surface area is 145 Å². The maximum Gasteiger partial charge on any atom is 0.0648 e. The van der Waals surface area contributed by atoms with Crippen LogP contribution < -0.4 is 0 Å². The van der Waals surface area contributed by atoms with Gasteiger partial charge in [-0.15, -0.1) is 6.58 Å². The Morgan fingerprint density at radius 3 is 2.04 bits per heavy atom. The van der Waals surface area contributed by atoms with Crippen LogP contribution in [0, 0.1) is 17.8 Å². The molecule has 0 aromatic heterocycles. The maximum absolute atomic E-state index is 5.84. The lowest BCUT2D eigenvalue weighted by molar-refractivity contribution is 0.0210. The summed E-state index contributed by atoms with van der Waals surface area (Å²) in [6.45, 7) is 6.79. The van der Waals surface area contributed by atoms with Crippen LogP contribution in [0.1, 0.15) is 96.8 Å². The van der Waals surface area contributed by atoms with Crippen LogP contribution in [0.15, 0.2) is 12.7 Å². The van der Waals surface area contributed by atoms with Crippen molar-refractivity contribution in [3.05, 3.63) is 12.7 Å². The van der Waals surface area contributed by atoms with E-state index in [1.807, 2.05) is 6.08 Å². The molecule has 2 aliphatic rings. The SMILES string of the molecule is C=CCOC1CCC(C2CCC(CCCCCCC)CC2)CC1. The fourth-order valence-electron chi connectivity index (χ4n) is 4.92. The monoisotopic (exact) mass is 320 g/mol. The molecule has 0 unspecified atom stereocenters. The van der Waals surface area contributed by atoms with Crippen LogP contribution in [0.4, 0.5) is 0 Å². The number of ether oxygens (including phenoxy) is 1. The first-order valence-corrected chi connectivity index (χ1v) is 10.6. The van der Waals surface area contributed by atoms with E-state index in [2.05, 4.69) is 13.5 Å². The highest BCUT2D eigenvalue weighted by Crippen LogP contribution is 2.41. The highest BCUT2D eigenvalue weighted by molar-refractivity contribution is 4.82. The molecule has 0 atom stereocenters. The molecule has 134 valence electrons. The molecule has 0 aromatic rings. The summed E-state index contributed by atoms with van der Waals surface area (Å²) in [6, 6.07) is 0. The second kappa shape index (κ2) is 11.3. The molecule has 23 heavy (non-hydrogen) atoms. The van der Waals surface area contributed by atoms with Crippen LogP contribution >= 0.6 is 0 Å². The van der Waals surface area contributed by atoms with Crippen molar-refractivity contribution in [1.29, 1.82) is 0 Å².